The number of hydrogen-bond donors (Lipinski definition) is 0. The molecule has 30 heavy (non-hydrogen) atoms. The second-order valence-electron chi connectivity index (χ2n) is 8.72. The van der Waals surface area contributed by atoms with Crippen molar-refractivity contribution in [3.05, 3.63) is 58.9 Å². The highest BCUT2D eigenvalue weighted by Gasteiger charge is 2.23. The summed E-state index contributed by atoms with van der Waals surface area (Å²) in [6, 6.07) is 11.3. The van der Waals surface area contributed by atoms with Gasteiger partial charge < -0.3 is 9.30 Å². The minimum Gasteiger partial charge on any atom is -0.490 e. The van der Waals surface area contributed by atoms with Gasteiger partial charge in [-0.1, -0.05) is 18.9 Å². The third kappa shape index (κ3) is 3.76. The molecule has 1 aromatic carbocycles. The van der Waals surface area contributed by atoms with Gasteiger partial charge >= 0.3 is 5.69 Å². The monoisotopic (exact) mass is 406 g/mol. The SMILES string of the molecule is Cn1c(CN2CCC(Oc3cccc4c3ccn4C3CCCC3)CC2)ccnc1=O. The maximum absolute atomic E-state index is 11.7. The lowest BCUT2D eigenvalue weighted by atomic mass is 10.1. The van der Waals surface area contributed by atoms with Crippen molar-refractivity contribution in [1.29, 1.82) is 0 Å². The Hall–Kier alpha value is -2.60. The van der Waals surface area contributed by atoms with Crippen LogP contribution in [0.3, 0.4) is 0 Å². The van der Waals surface area contributed by atoms with Crippen molar-refractivity contribution in [3.8, 4) is 5.75 Å². The van der Waals surface area contributed by atoms with Crippen LogP contribution in [0.1, 0.15) is 50.3 Å². The summed E-state index contributed by atoms with van der Waals surface area (Å²) >= 11 is 0. The van der Waals surface area contributed by atoms with Gasteiger partial charge in [-0.05, 0) is 49.9 Å². The summed E-state index contributed by atoms with van der Waals surface area (Å²) in [6.45, 7) is 2.72. The zero-order chi connectivity index (χ0) is 20.5. The molecular weight excluding hydrogens is 376 g/mol. The summed E-state index contributed by atoms with van der Waals surface area (Å²) in [6.07, 6.45) is 11.3. The van der Waals surface area contributed by atoms with Gasteiger partial charge in [0, 0.05) is 56.2 Å². The number of hydrogen-bond acceptors (Lipinski definition) is 4. The minimum atomic E-state index is -0.191. The van der Waals surface area contributed by atoms with Crippen LogP contribution in [-0.2, 0) is 13.6 Å². The largest absolute Gasteiger partial charge is 0.490 e. The summed E-state index contributed by atoms with van der Waals surface area (Å²) < 4.78 is 10.6. The van der Waals surface area contributed by atoms with E-state index < -0.39 is 0 Å². The van der Waals surface area contributed by atoms with Crippen LogP contribution in [-0.4, -0.2) is 38.2 Å². The first-order chi connectivity index (χ1) is 14.7. The van der Waals surface area contributed by atoms with Gasteiger partial charge in [-0.3, -0.25) is 9.47 Å². The lowest BCUT2D eigenvalue weighted by molar-refractivity contribution is 0.0966. The maximum Gasteiger partial charge on any atom is 0.347 e. The van der Waals surface area contributed by atoms with Gasteiger partial charge in [0.1, 0.15) is 11.9 Å². The number of benzene rings is 1. The standard InChI is InChI=1S/C24H30N4O2/c1-26-19(9-13-25-24(26)29)17-27-14-10-20(11-15-27)30-23-8-4-7-22-21(23)12-16-28(22)18-5-2-3-6-18/h4,7-9,12-13,16,18,20H,2-3,5-6,10-11,14-15,17H2,1H3. The molecule has 1 aliphatic heterocycles. The predicted octanol–water partition coefficient (Wildman–Crippen LogP) is 3.89. The highest BCUT2D eigenvalue weighted by atomic mass is 16.5. The topological polar surface area (TPSA) is 52.3 Å². The molecule has 158 valence electrons. The van der Waals surface area contributed by atoms with E-state index in [1.807, 2.05) is 6.07 Å². The molecule has 0 atom stereocenters. The van der Waals surface area contributed by atoms with Crippen molar-refractivity contribution >= 4 is 10.9 Å². The Kier molecular flexibility index (Phi) is 5.34. The van der Waals surface area contributed by atoms with E-state index in [1.54, 1.807) is 17.8 Å². The molecule has 1 aliphatic carbocycles. The van der Waals surface area contributed by atoms with Crippen LogP contribution in [0.4, 0.5) is 0 Å². The van der Waals surface area contributed by atoms with Crippen LogP contribution in [0.25, 0.3) is 10.9 Å². The quantitative estimate of drug-likeness (QED) is 0.645. The van der Waals surface area contributed by atoms with E-state index in [2.05, 4.69) is 44.9 Å². The molecule has 3 aromatic rings. The number of nitrogens with zero attached hydrogens (tertiary/aromatic N) is 4. The first-order valence-corrected chi connectivity index (χ1v) is 11.2. The summed E-state index contributed by atoms with van der Waals surface area (Å²) in [5.74, 6) is 1.01. The summed E-state index contributed by atoms with van der Waals surface area (Å²) in [5.41, 5.74) is 2.12. The lowest BCUT2D eigenvalue weighted by Gasteiger charge is -2.32. The number of rotatable bonds is 5. The number of aromatic nitrogens is 3. The fourth-order valence-corrected chi connectivity index (χ4v) is 5.02. The van der Waals surface area contributed by atoms with Crippen molar-refractivity contribution in [2.45, 2.75) is 57.2 Å². The molecule has 0 radical (unpaired) electrons. The summed E-state index contributed by atoms with van der Waals surface area (Å²) in [4.78, 5) is 17.9. The Morgan fingerprint density at radius 1 is 1.07 bits per heavy atom. The van der Waals surface area contributed by atoms with Crippen LogP contribution in [0.2, 0.25) is 0 Å². The van der Waals surface area contributed by atoms with Crippen LogP contribution < -0.4 is 10.4 Å². The predicted molar refractivity (Wildman–Crippen MR) is 118 cm³/mol. The molecule has 0 spiro atoms. The zero-order valence-corrected chi connectivity index (χ0v) is 17.7. The summed E-state index contributed by atoms with van der Waals surface area (Å²) in [7, 11) is 1.79. The number of ether oxygens (including phenoxy) is 1. The average Bonchev–Trinajstić information content (AvgIpc) is 3.43. The molecule has 6 nitrogen and oxygen atoms in total. The van der Waals surface area contributed by atoms with Gasteiger partial charge in [-0.25, -0.2) is 9.78 Å². The highest BCUT2D eigenvalue weighted by Crippen LogP contribution is 2.36. The molecule has 5 rings (SSSR count). The third-order valence-electron chi connectivity index (χ3n) is 6.82. The van der Waals surface area contributed by atoms with Crippen LogP contribution in [0.15, 0.2) is 47.5 Å². The maximum atomic E-state index is 11.7. The van der Waals surface area contributed by atoms with Crippen LogP contribution in [0, 0.1) is 0 Å². The van der Waals surface area contributed by atoms with Gasteiger partial charge in [0.15, 0.2) is 0 Å². The molecule has 2 aromatic heterocycles. The second kappa shape index (κ2) is 8.26. The normalized spacial score (nSPS) is 19.0. The minimum absolute atomic E-state index is 0.191. The zero-order valence-electron chi connectivity index (χ0n) is 17.7. The molecule has 6 heteroatoms. The van der Waals surface area contributed by atoms with E-state index in [4.69, 9.17) is 4.74 Å². The van der Waals surface area contributed by atoms with E-state index in [0.717, 1.165) is 43.9 Å². The van der Waals surface area contributed by atoms with Crippen LogP contribution >= 0.6 is 0 Å². The Morgan fingerprint density at radius 2 is 1.87 bits per heavy atom. The van der Waals surface area contributed by atoms with Gasteiger partial charge in [0.05, 0.1) is 5.52 Å². The molecule has 1 saturated carbocycles. The smallest absolute Gasteiger partial charge is 0.347 e. The van der Waals surface area contributed by atoms with Gasteiger partial charge in [0.25, 0.3) is 0 Å². The van der Waals surface area contributed by atoms with Crippen molar-refractivity contribution in [1.82, 2.24) is 19.0 Å². The molecule has 2 fully saturated rings. The number of piperidine rings is 1. The number of likely N-dealkylation sites (tertiary alicyclic amines) is 1. The molecule has 0 amide bonds. The van der Waals surface area contributed by atoms with Crippen LogP contribution in [0.5, 0.6) is 5.75 Å². The van der Waals surface area contributed by atoms with Crippen molar-refractivity contribution in [2.24, 2.45) is 7.05 Å². The highest BCUT2D eigenvalue weighted by molar-refractivity contribution is 5.86. The lowest BCUT2D eigenvalue weighted by Crippen LogP contribution is -2.39. The average molecular weight is 407 g/mol. The van der Waals surface area contributed by atoms with E-state index in [1.165, 1.54) is 36.6 Å². The van der Waals surface area contributed by atoms with E-state index in [9.17, 15) is 4.79 Å². The second-order valence-corrected chi connectivity index (χ2v) is 8.72. The van der Waals surface area contributed by atoms with Crippen molar-refractivity contribution in [3.63, 3.8) is 0 Å². The number of fused-ring (bicyclic) bond motifs is 1. The first-order valence-electron chi connectivity index (χ1n) is 11.2. The Morgan fingerprint density at radius 3 is 2.67 bits per heavy atom. The molecule has 2 aliphatic rings. The van der Waals surface area contributed by atoms with E-state index in [-0.39, 0.29) is 11.8 Å². The Labute approximate surface area is 177 Å². The van der Waals surface area contributed by atoms with E-state index >= 15 is 0 Å². The molecular formula is C24H30N4O2. The van der Waals surface area contributed by atoms with Gasteiger partial charge in [0.2, 0.25) is 0 Å². The van der Waals surface area contributed by atoms with Gasteiger partial charge in [-0.2, -0.15) is 0 Å². The Bertz CT molecular complexity index is 1070. The molecule has 0 unspecified atom stereocenters. The van der Waals surface area contributed by atoms with Crippen molar-refractivity contribution in [2.75, 3.05) is 13.1 Å². The third-order valence-corrected chi connectivity index (χ3v) is 6.82. The first kappa shape index (κ1) is 19.4. The molecule has 1 saturated heterocycles. The molecule has 0 bridgehead atoms. The van der Waals surface area contributed by atoms with Gasteiger partial charge in [-0.15, -0.1) is 0 Å². The Balaban J connectivity index is 1.24. The molecule has 3 heterocycles. The molecule has 0 N–H and O–H groups in total. The van der Waals surface area contributed by atoms with E-state index in [0.29, 0.717) is 6.04 Å². The van der Waals surface area contributed by atoms with Crippen molar-refractivity contribution < 1.29 is 4.74 Å². The fraction of sp³-hybridized carbons (Fsp3) is 0.500. The summed E-state index contributed by atoms with van der Waals surface area (Å²) in [5, 5.41) is 1.23. The fourth-order valence-electron chi connectivity index (χ4n) is 5.02.